The molecular weight excluding hydrogens is 204 g/mol. The zero-order valence-corrected chi connectivity index (χ0v) is 9.71. The van der Waals surface area contributed by atoms with Gasteiger partial charge in [0, 0.05) is 19.5 Å². The molecule has 0 aliphatic carbocycles. The van der Waals surface area contributed by atoms with Crippen LogP contribution in [0.1, 0.15) is 44.9 Å². The fourth-order valence-corrected chi connectivity index (χ4v) is 2.49. The summed E-state index contributed by atoms with van der Waals surface area (Å²) in [6.45, 7) is 1.73. The molecule has 4 nitrogen and oxygen atoms in total. The number of likely N-dealkylation sites (tertiary alicyclic amines) is 1. The fourth-order valence-electron chi connectivity index (χ4n) is 2.49. The Kier molecular flexibility index (Phi) is 3.80. The molecule has 0 spiro atoms. The summed E-state index contributed by atoms with van der Waals surface area (Å²) in [5.74, 6) is 0.169. The molecule has 0 aromatic rings. The van der Waals surface area contributed by atoms with Crippen molar-refractivity contribution in [3.05, 3.63) is 0 Å². The highest BCUT2D eigenvalue weighted by Gasteiger charge is 2.27. The molecule has 0 radical (unpaired) electrons. The van der Waals surface area contributed by atoms with E-state index in [1.807, 2.05) is 4.90 Å². The average molecular weight is 224 g/mol. The zero-order chi connectivity index (χ0) is 11.4. The van der Waals surface area contributed by atoms with E-state index in [-0.39, 0.29) is 17.9 Å². The molecule has 0 bridgehead atoms. The van der Waals surface area contributed by atoms with Crippen molar-refractivity contribution in [2.24, 2.45) is 0 Å². The van der Waals surface area contributed by atoms with Gasteiger partial charge in [-0.1, -0.05) is 6.42 Å². The van der Waals surface area contributed by atoms with Crippen molar-refractivity contribution >= 4 is 11.8 Å². The Bertz CT molecular complexity index is 272. The fraction of sp³-hybridized carbons (Fsp3) is 0.833. The molecule has 2 rings (SSSR count). The highest BCUT2D eigenvalue weighted by molar-refractivity contribution is 5.88. The summed E-state index contributed by atoms with van der Waals surface area (Å²) in [5, 5.41) is 2.85. The van der Waals surface area contributed by atoms with Gasteiger partial charge in [0.2, 0.25) is 11.8 Å². The van der Waals surface area contributed by atoms with Gasteiger partial charge < -0.3 is 10.2 Å². The Morgan fingerprint density at radius 3 is 2.62 bits per heavy atom. The van der Waals surface area contributed by atoms with E-state index in [1.165, 1.54) is 6.42 Å². The maximum absolute atomic E-state index is 12.2. The number of amides is 2. The molecule has 0 aromatic carbocycles. The molecule has 16 heavy (non-hydrogen) atoms. The third-order valence-corrected chi connectivity index (χ3v) is 3.45. The van der Waals surface area contributed by atoms with E-state index < -0.39 is 0 Å². The summed E-state index contributed by atoms with van der Waals surface area (Å²) >= 11 is 0. The molecule has 2 fully saturated rings. The topological polar surface area (TPSA) is 49.4 Å². The van der Waals surface area contributed by atoms with Gasteiger partial charge in [0.1, 0.15) is 6.04 Å². The molecule has 2 saturated heterocycles. The van der Waals surface area contributed by atoms with Gasteiger partial charge >= 0.3 is 0 Å². The first-order chi connectivity index (χ1) is 7.77. The van der Waals surface area contributed by atoms with Crippen molar-refractivity contribution in [1.29, 1.82) is 0 Å². The summed E-state index contributed by atoms with van der Waals surface area (Å²) in [5.41, 5.74) is 0. The normalized spacial score (nSPS) is 27.1. The summed E-state index contributed by atoms with van der Waals surface area (Å²) in [7, 11) is 0. The number of hydrogen-bond donors (Lipinski definition) is 1. The minimum absolute atomic E-state index is 0.0351. The van der Waals surface area contributed by atoms with Crippen LogP contribution in [0.25, 0.3) is 0 Å². The number of rotatable bonds is 1. The Labute approximate surface area is 96.4 Å². The molecule has 2 aliphatic rings. The SMILES string of the molecule is O=C1CCCC[C@@H](C(=O)N2CCCCC2)N1. The van der Waals surface area contributed by atoms with Crippen LogP contribution in [0, 0.1) is 0 Å². The second-order valence-corrected chi connectivity index (χ2v) is 4.75. The van der Waals surface area contributed by atoms with Crippen LogP contribution in [-0.2, 0) is 9.59 Å². The van der Waals surface area contributed by atoms with Gasteiger partial charge in [-0.2, -0.15) is 0 Å². The molecule has 90 valence electrons. The number of hydrogen-bond acceptors (Lipinski definition) is 2. The molecule has 0 saturated carbocycles. The highest BCUT2D eigenvalue weighted by Crippen LogP contribution is 2.15. The summed E-state index contributed by atoms with van der Waals surface area (Å²) in [6.07, 6.45) is 6.70. The van der Waals surface area contributed by atoms with E-state index >= 15 is 0 Å². The average Bonchev–Trinajstić information content (AvgIpc) is 2.54. The molecule has 4 heteroatoms. The van der Waals surface area contributed by atoms with Gasteiger partial charge in [0.05, 0.1) is 0 Å². The summed E-state index contributed by atoms with van der Waals surface area (Å²) < 4.78 is 0. The minimum Gasteiger partial charge on any atom is -0.344 e. The molecule has 1 N–H and O–H groups in total. The Morgan fingerprint density at radius 1 is 1.12 bits per heavy atom. The Hall–Kier alpha value is -1.06. The second-order valence-electron chi connectivity index (χ2n) is 4.75. The van der Waals surface area contributed by atoms with E-state index in [1.54, 1.807) is 0 Å². The first-order valence-electron chi connectivity index (χ1n) is 6.35. The van der Waals surface area contributed by atoms with Crippen LogP contribution in [0.3, 0.4) is 0 Å². The third-order valence-electron chi connectivity index (χ3n) is 3.45. The first kappa shape index (κ1) is 11.4. The van der Waals surface area contributed by atoms with Crippen molar-refractivity contribution < 1.29 is 9.59 Å². The van der Waals surface area contributed by atoms with E-state index in [4.69, 9.17) is 0 Å². The van der Waals surface area contributed by atoms with Gasteiger partial charge in [-0.05, 0) is 32.1 Å². The van der Waals surface area contributed by atoms with Crippen LogP contribution in [0.4, 0.5) is 0 Å². The van der Waals surface area contributed by atoms with E-state index in [9.17, 15) is 9.59 Å². The standard InChI is InChI=1S/C12H20N2O2/c15-11-7-3-2-6-10(13-11)12(16)14-8-4-1-5-9-14/h10H,1-9H2,(H,13,15)/t10-/m0/s1. The lowest BCUT2D eigenvalue weighted by Crippen LogP contribution is -2.49. The maximum Gasteiger partial charge on any atom is 0.245 e. The Morgan fingerprint density at radius 2 is 1.88 bits per heavy atom. The van der Waals surface area contributed by atoms with Crippen molar-refractivity contribution in [3.63, 3.8) is 0 Å². The second kappa shape index (κ2) is 5.32. The number of nitrogens with zero attached hydrogens (tertiary/aromatic N) is 1. The summed E-state index contributed by atoms with van der Waals surface area (Å²) in [4.78, 5) is 25.5. The van der Waals surface area contributed by atoms with Crippen molar-refractivity contribution in [3.8, 4) is 0 Å². The van der Waals surface area contributed by atoms with Gasteiger partial charge in [0.15, 0.2) is 0 Å². The van der Waals surface area contributed by atoms with Gasteiger partial charge in [-0.15, -0.1) is 0 Å². The van der Waals surface area contributed by atoms with Crippen molar-refractivity contribution in [2.45, 2.75) is 51.0 Å². The van der Waals surface area contributed by atoms with E-state index in [0.717, 1.165) is 45.2 Å². The Balaban J connectivity index is 1.93. The summed E-state index contributed by atoms with van der Waals surface area (Å²) in [6, 6.07) is -0.256. The largest absolute Gasteiger partial charge is 0.344 e. The van der Waals surface area contributed by atoms with Crippen LogP contribution in [0.2, 0.25) is 0 Å². The highest BCUT2D eigenvalue weighted by atomic mass is 16.2. The lowest BCUT2D eigenvalue weighted by Gasteiger charge is -2.30. The molecule has 1 atom stereocenters. The smallest absolute Gasteiger partial charge is 0.245 e. The van der Waals surface area contributed by atoms with Crippen molar-refractivity contribution in [2.75, 3.05) is 13.1 Å². The maximum atomic E-state index is 12.2. The molecule has 0 aromatic heterocycles. The number of nitrogens with one attached hydrogen (secondary N) is 1. The number of carbonyl (C=O) groups is 2. The molecule has 0 unspecified atom stereocenters. The lowest BCUT2D eigenvalue weighted by atomic mass is 10.1. The van der Waals surface area contributed by atoms with Crippen LogP contribution in [-0.4, -0.2) is 35.8 Å². The zero-order valence-electron chi connectivity index (χ0n) is 9.71. The van der Waals surface area contributed by atoms with Gasteiger partial charge in [-0.3, -0.25) is 9.59 Å². The molecule has 2 heterocycles. The molecule has 2 aliphatic heterocycles. The van der Waals surface area contributed by atoms with Crippen molar-refractivity contribution in [1.82, 2.24) is 10.2 Å². The van der Waals surface area contributed by atoms with Gasteiger partial charge in [-0.25, -0.2) is 0 Å². The van der Waals surface area contributed by atoms with Crippen LogP contribution >= 0.6 is 0 Å². The number of piperidine rings is 1. The van der Waals surface area contributed by atoms with Gasteiger partial charge in [0.25, 0.3) is 0 Å². The monoisotopic (exact) mass is 224 g/mol. The van der Waals surface area contributed by atoms with Crippen LogP contribution < -0.4 is 5.32 Å². The lowest BCUT2D eigenvalue weighted by molar-refractivity contribution is -0.137. The molecular formula is C12H20N2O2. The predicted molar refractivity (Wildman–Crippen MR) is 60.8 cm³/mol. The minimum atomic E-state index is -0.256. The van der Waals surface area contributed by atoms with E-state index in [2.05, 4.69) is 5.32 Å². The quantitative estimate of drug-likeness (QED) is 0.724. The van der Waals surface area contributed by atoms with Crippen LogP contribution in [0.15, 0.2) is 0 Å². The number of carbonyl (C=O) groups excluding carboxylic acids is 2. The predicted octanol–water partition coefficient (Wildman–Crippen LogP) is 1.06. The molecule has 2 amide bonds. The first-order valence-corrected chi connectivity index (χ1v) is 6.35. The van der Waals surface area contributed by atoms with Crippen LogP contribution in [0.5, 0.6) is 0 Å². The third kappa shape index (κ3) is 2.74. The van der Waals surface area contributed by atoms with E-state index in [0.29, 0.717) is 6.42 Å².